The minimum Gasteiger partial charge on any atom is -0.459 e. The second kappa shape index (κ2) is 6.64. The van der Waals surface area contributed by atoms with Gasteiger partial charge in [-0.3, -0.25) is 4.79 Å². The minimum atomic E-state index is -0.492. The first-order chi connectivity index (χ1) is 9.54. The van der Waals surface area contributed by atoms with Crippen molar-refractivity contribution in [3.8, 4) is 0 Å². The number of ether oxygens (including phenoxy) is 1. The predicted octanol–water partition coefficient (Wildman–Crippen LogP) is 5.18. The van der Waals surface area contributed by atoms with E-state index >= 15 is 0 Å². The Labute approximate surface area is 129 Å². The third kappa shape index (κ3) is 4.87. The number of carbonyl (C=O) groups excluding carboxylic acids is 1. The fraction of sp³-hybridized carbons (Fsp3) is 0.632. The molecule has 1 aromatic carbocycles. The molecule has 0 aromatic heterocycles. The van der Waals surface area contributed by atoms with Crippen molar-refractivity contribution in [1.29, 1.82) is 0 Å². The van der Waals surface area contributed by atoms with Gasteiger partial charge >= 0.3 is 5.97 Å². The molecule has 0 aliphatic heterocycles. The number of hydrogen-bond donors (Lipinski definition) is 0. The van der Waals surface area contributed by atoms with Crippen LogP contribution in [-0.4, -0.2) is 11.6 Å². The molecule has 0 fully saturated rings. The molecule has 2 heteroatoms. The van der Waals surface area contributed by atoms with E-state index in [1.165, 1.54) is 0 Å². The molecule has 0 bridgehead atoms. The van der Waals surface area contributed by atoms with Gasteiger partial charge in [0.05, 0.1) is 5.92 Å². The first kappa shape index (κ1) is 17.7. The van der Waals surface area contributed by atoms with Crippen LogP contribution in [0.5, 0.6) is 0 Å². The van der Waals surface area contributed by atoms with Crippen LogP contribution in [0.3, 0.4) is 0 Å². The molecule has 0 saturated heterocycles. The SMILES string of the molecule is CC(C)C[C@H](C(=O)OC(C)(C)C(C)(C)C)c1ccccc1. The molecule has 0 amide bonds. The summed E-state index contributed by atoms with van der Waals surface area (Å²) >= 11 is 0. The third-order valence-corrected chi connectivity index (χ3v) is 4.36. The highest BCUT2D eigenvalue weighted by Gasteiger charge is 2.38. The van der Waals surface area contributed by atoms with Gasteiger partial charge in [0.1, 0.15) is 5.60 Å². The van der Waals surface area contributed by atoms with E-state index in [1.807, 2.05) is 44.2 Å². The van der Waals surface area contributed by atoms with Gasteiger partial charge < -0.3 is 4.74 Å². The Hall–Kier alpha value is -1.31. The first-order valence-corrected chi connectivity index (χ1v) is 7.82. The average molecular weight is 290 g/mol. The van der Waals surface area contributed by atoms with Crippen molar-refractivity contribution >= 4 is 5.97 Å². The van der Waals surface area contributed by atoms with E-state index in [2.05, 4.69) is 34.6 Å². The molecule has 0 heterocycles. The Balaban J connectivity index is 2.97. The van der Waals surface area contributed by atoms with Gasteiger partial charge in [-0.2, -0.15) is 0 Å². The summed E-state index contributed by atoms with van der Waals surface area (Å²) < 4.78 is 5.88. The van der Waals surface area contributed by atoms with Gasteiger partial charge in [-0.05, 0) is 31.7 Å². The molecule has 0 radical (unpaired) electrons. The highest BCUT2D eigenvalue weighted by Crippen LogP contribution is 2.35. The Morgan fingerprint density at radius 3 is 2.00 bits per heavy atom. The van der Waals surface area contributed by atoms with E-state index in [0.717, 1.165) is 12.0 Å². The molecule has 1 atom stereocenters. The highest BCUT2D eigenvalue weighted by molar-refractivity contribution is 5.78. The zero-order chi connectivity index (χ0) is 16.3. The van der Waals surface area contributed by atoms with Crippen LogP contribution < -0.4 is 0 Å². The lowest BCUT2D eigenvalue weighted by Crippen LogP contribution is -2.42. The molecule has 0 aliphatic carbocycles. The lowest BCUT2D eigenvalue weighted by Gasteiger charge is -2.39. The van der Waals surface area contributed by atoms with E-state index in [4.69, 9.17) is 4.74 Å². The molecule has 1 aromatic rings. The molecule has 1 rings (SSSR count). The van der Waals surface area contributed by atoms with E-state index < -0.39 is 5.60 Å². The largest absolute Gasteiger partial charge is 0.459 e. The second-order valence-corrected chi connectivity index (χ2v) is 7.77. The number of benzene rings is 1. The first-order valence-electron chi connectivity index (χ1n) is 7.82. The Kier molecular flexibility index (Phi) is 5.61. The smallest absolute Gasteiger partial charge is 0.313 e. The van der Waals surface area contributed by atoms with E-state index in [1.54, 1.807) is 0 Å². The van der Waals surface area contributed by atoms with Crippen LogP contribution >= 0.6 is 0 Å². The maximum atomic E-state index is 12.7. The summed E-state index contributed by atoms with van der Waals surface area (Å²) in [4.78, 5) is 12.7. The minimum absolute atomic E-state index is 0.0955. The highest BCUT2D eigenvalue weighted by atomic mass is 16.6. The summed E-state index contributed by atoms with van der Waals surface area (Å²) in [7, 11) is 0. The normalized spacial score (nSPS) is 14.1. The Bertz CT molecular complexity index is 452. The van der Waals surface area contributed by atoms with Crippen LogP contribution in [-0.2, 0) is 9.53 Å². The quantitative estimate of drug-likeness (QED) is 0.698. The summed E-state index contributed by atoms with van der Waals surface area (Å²) in [6.45, 7) is 14.5. The van der Waals surface area contributed by atoms with Crippen molar-refractivity contribution in [1.82, 2.24) is 0 Å². The van der Waals surface area contributed by atoms with Gasteiger partial charge in [-0.25, -0.2) is 0 Å². The van der Waals surface area contributed by atoms with Crippen molar-refractivity contribution < 1.29 is 9.53 Å². The van der Waals surface area contributed by atoms with Gasteiger partial charge in [0.15, 0.2) is 0 Å². The fourth-order valence-electron chi connectivity index (χ4n) is 2.00. The van der Waals surface area contributed by atoms with E-state index in [0.29, 0.717) is 5.92 Å². The van der Waals surface area contributed by atoms with Crippen molar-refractivity contribution in [2.75, 3.05) is 0 Å². The molecule has 21 heavy (non-hydrogen) atoms. The number of carbonyl (C=O) groups is 1. The standard InChI is InChI=1S/C19H30O2/c1-14(2)13-16(15-11-9-8-10-12-15)17(20)21-19(6,7)18(3,4)5/h8-12,14,16H,13H2,1-7H3/t16-/m0/s1. The summed E-state index contributed by atoms with van der Waals surface area (Å²) in [5.74, 6) is 0.142. The molecule has 0 N–H and O–H groups in total. The molecule has 0 spiro atoms. The number of esters is 1. The summed E-state index contributed by atoms with van der Waals surface area (Å²) in [6, 6.07) is 9.95. The second-order valence-electron chi connectivity index (χ2n) is 7.77. The zero-order valence-corrected chi connectivity index (χ0v) is 14.6. The van der Waals surface area contributed by atoms with Crippen LogP contribution in [0.15, 0.2) is 30.3 Å². The Morgan fingerprint density at radius 1 is 1.05 bits per heavy atom. The fourth-order valence-corrected chi connectivity index (χ4v) is 2.00. The van der Waals surface area contributed by atoms with E-state index in [9.17, 15) is 4.79 Å². The maximum Gasteiger partial charge on any atom is 0.313 e. The van der Waals surface area contributed by atoms with Crippen molar-refractivity contribution in [3.63, 3.8) is 0 Å². The molecule has 0 saturated carbocycles. The molecule has 2 nitrogen and oxygen atoms in total. The van der Waals surface area contributed by atoms with Crippen molar-refractivity contribution in [2.24, 2.45) is 11.3 Å². The lowest BCUT2D eigenvalue weighted by molar-refractivity contribution is -0.169. The van der Waals surface area contributed by atoms with Crippen LogP contribution in [0.1, 0.15) is 66.4 Å². The molecular formula is C19H30O2. The molecule has 0 aliphatic rings. The van der Waals surface area contributed by atoms with Gasteiger partial charge in [-0.1, -0.05) is 65.0 Å². The maximum absolute atomic E-state index is 12.7. The average Bonchev–Trinajstić information content (AvgIpc) is 2.34. The molecule has 0 unspecified atom stereocenters. The van der Waals surface area contributed by atoms with Crippen LogP contribution in [0.25, 0.3) is 0 Å². The van der Waals surface area contributed by atoms with E-state index in [-0.39, 0.29) is 17.3 Å². The van der Waals surface area contributed by atoms with Crippen LogP contribution in [0, 0.1) is 11.3 Å². The lowest BCUT2D eigenvalue weighted by atomic mass is 9.79. The summed E-state index contributed by atoms with van der Waals surface area (Å²) in [5.41, 5.74) is 0.455. The Morgan fingerprint density at radius 2 is 1.57 bits per heavy atom. The molecule has 118 valence electrons. The topological polar surface area (TPSA) is 26.3 Å². The van der Waals surface area contributed by atoms with Gasteiger partial charge in [0.25, 0.3) is 0 Å². The van der Waals surface area contributed by atoms with Gasteiger partial charge in [-0.15, -0.1) is 0 Å². The summed E-state index contributed by atoms with van der Waals surface area (Å²) in [5, 5.41) is 0. The van der Waals surface area contributed by atoms with Crippen LogP contribution in [0.4, 0.5) is 0 Å². The van der Waals surface area contributed by atoms with Gasteiger partial charge in [0, 0.05) is 5.41 Å². The summed E-state index contributed by atoms with van der Waals surface area (Å²) in [6.07, 6.45) is 0.809. The predicted molar refractivity (Wildman–Crippen MR) is 88.3 cm³/mol. The molecular weight excluding hydrogens is 260 g/mol. The van der Waals surface area contributed by atoms with Gasteiger partial charge in [0.2, 0.25) is 0 Å². The number of hydrogen-bond acceptors (Lipinski definition) is 2. The number of rotatable bonds is 5. The third-order valence-electron chi connectivity index (χ3n) is 4.36. The van der Waals surface area contributed by atoms with Crippen molar-refractivity contribution in [3.05, 3.63) is 35.9 Å². The van der Waals surface area contributed by atoms with Crippen LogP contribution in [0.2, 0.25) is 0 Å². The monoisotopic (exact) mass is 290 g/mol. The zero-order valence-electron chi connectivity index (χ0n) is 14.6. The van der Waals surface area contributed by atoms with Crippen molar-refractivity contribution in [2.45, 2.75) is 66.4 Å².